The Bertz CT molecular complexity index is 736. The summed E-state index contributed by atoms with van der Waals surface area (Å²) >= 11 is 1.22. The summed E-state index contributed by atoms with van der Waals surface area (Å²) < 4.78 is 0. The smallest absolute Gasteiger partial charge is 0.248 e. The fraction of sp³-hybridized carbons (Fsp3) is 0.524. The summed E-state index contributed by atoms with van der Waals surface area (Å²) in [7, 11) is 1.50. The first-order chi connectivity index (χ1) is 14.3. The van der Waals surface area contributed by atoms with Crippen LogP contribution >= 0.6 is 11.8 Å². The van der Waals surface area contributed by atoms with Crippen LogP contribution in [0.5, 0.6) is 0 Å². The minimum absolute atomic E-state index is 0.100. The molecule has 30 heavy (non-hydrogen) atoms. The third-order valence-corrected chi connectivity index (χ3v) is 5.55. The first kappa shape index (κ1) is 25.5. The van der Waals surface area contributed by atoms with E-state index in [9.17, 15) is 14.4 Å². The van der Waals surface area contributed by atoms with E-state index in [2.05, 4.69) is 10.6 Å². The standard InChI is InChI=1S/C21H30N4O4S/c1-14(2)11-16(17(20(27)25-29)13-30-10-9-22)19(26)24-18(21(28)23-3)12-15-7-5-4-6-8-15/h4-8,14,16-18,29H,10-13H2,1-3H3,(H,23,28)(H,24,26)(H,25,27)/t16-,17+,18+/m1/s1. The molecular formula is C21H30N4O4S. The van der Waals surface area contributed by atoms with Crippen LogP contribution in [0.4, 0.5) is 0 Å². The van der Waals surface area contributed by atoms with Gasteiger partial charge in [0, 0.05) is 19.2 Å². The van der Waals surface area contributed by atoms with Crippen LogP contribution in [-0.2, 0) is 20.8 Å². The Balaban J connectivity index is 3.08. The second kappa shape index (κ2) is 13.6. The van der Waals surface area contributed by atoms with Gasteiger partial charge in [-0.25, -0.2) is 5.48 Å². The van der Waals surface area contributed by atoms with Gasteiger partial charge < -0.3 is 10.6 Å². The number of hydrogen-bond donors (Lipinski definition) is 4. The number of nitrogens with zero attached hydrogens (tertiary/aromatic N) is 1. The van der Waals surface area contributed by atoms with Crippen molar-refractivity contribution in [1.82, 2.24) is 16.1 Å². The molecule has 0 aliphatic carbocycles. The van der Waals surface area contributed by atoms with E-state index in [1.807, 2.05) is 50.2 Å². The molecule has 0 saturated heterocycles. The van der Waals surface area contributed by atoms with Crippen LogP contribution in [0, 0.1) is 29.1 Å². The van der Waals surface area contributed by atoms with E-state index in [1.165, 1.54) is 18.8 Å². The number of likely N-dealkylation sites (N-methyl/N-ethyl adjacent to an activating group) is 1. The molecule has 1 rings (SSSR count). The highest BCUT2D eigenvalue weighted by molar-refractivity contribution is 7.99. The lowest BCUT2D eigenvalue weighted by Gasteiger charge is -2.28. The average molecular weight is 435 g/mol. The van der Waals surface area contributed by atoms with Gasteiger partial charge in [0.05, 0.1) is 23.7 Å². The Morgan fingerprint density at radius 3 is 2.30 bits per heavy atom. The van der Waals surface area contributed by atoms with Gasteiger partial charge in [0.2, 0.25) is 17.7 Å². The lowest BCUT2D eigenvalue weighted by molar-refractivity contribution is -0.140. The van der Waals surface area contributed by atoms with Gasteiger partial charge >= 0.3 is 0 Å². The minimum atomic E-state index is -0.835. The van der Waals surface area contributed by atoms with Gasteiger partial charge in [-0.15, -0.1) is 11.8 Å². The molecule has 3 atom stereocenters. The number of hydroxylamine groups is 1. The zero-order valence-electron chi connectivity index (χ0n) is 17.6. The Morgan fingerprint density at radius 2 is 1.77 bits per heavy atom. The van der Waals surface area contributed by atoms with Crippen LogP contribution in [0.3, 0.4) is 0 Å². The fourth-order valence-electron chi connectivity index (χ4n) is 3.16. The Morgan fingerprint density at radius 1 is 1.10 bits per heavy atom. The molecule has 9 heteroatoms. The molecule has 0 aromatic heterocycles. The van der Waals surface area contributed by atoms with Gasteiger partial charge in [-0.05, 0) is 17.9 Å². The number of thioether (sulfide) groups is 1. The number of nitriles is 1. The Hall–Kier alpha value is -2.57. The number of hydrogen-bond acceptors (Lipinski definition) is 6. The lowest BCUT2D eigenvalue weighted by Crippen LogP contribution is -2.51. The lowest BCUT2D eigenvalue weighted by atomic mass is 9.84. The van der Waals surface area contributed by atoms with E-state index in [1.54, 1.807) is 5.48 Å². The molecule has 8 nitrogen and oxygen atoms in total. The maximum absolute atomic E-state index is 13.2. The summed E-state index contributed by atoms with van der Waals surface area (Å²) in [5.74, 6) is -2.57. The molecule has 0 aliphatic rings. The Kier molecular flexibility index (Phi) is 11.6. The largest absolute Gasteiger partial charge is 0.357 e. The van der Waals surface area contributed by atoms with E-state index in [0.717, 1.165) is 5.56 Å². The van der Waals surface area contributed by atoms with Crippen LogP contribution in [0.1, 0.15) is 25.8 Å². The quantitative estimate of drug-likeness (QED) is 0.224. The van der Waals surface area contributed by atoms with Crippen LogP contribution in [0.2, 0.25) is 0 Å². The zero-order valence-corrected chi connectivity index (χ0v) is 18.4. The molecule has 1 aromatic carbocycles. The van der Waals surface area contributed by atoms with Crippen molar-refractivity contribution in [2.45, 2.75) is 32.7 Å². The maximum Gasteiger partial charge on any atom is 0.248 e. The number of nitrogens with one attached hydrogen (secondary N) is 3. The minimum Gasteiger partial charge on any atom is -0.357 e. The van der Waals surface area contributed by atoms with Crippen LogP contribution in [0.15, 0.2) is 30.3 Å². The summed E-state index contributed by atoms with van der Waals surface area (Å²) in [5, 5.41) is 23.3. The van der Waals surface area contributed by atoms with Crippen molar-refractivity contribution in [1.29, 1.82) is 5.26 Å². The summed E-state index contributed by atoms with van der Waals surface area (Å²) in [6.45, 7) is 3.85. The third kappa shape index (κ3) is 8.43. The molecule has 0 aliphatic heterocycles. The highest BCUT2D eigenvalue weighted by Gasteiger charge is 2.35. The molecule has 0 unspecified atom stereocenters. The predicted octanol–water partition coefficient (Wildman–Crippen LogP) is 1.50. The Labute approximate surface area is 181 Å². The number of benzene rings is 1. The molecule has 3 amide bonds. The molecule has 0 bridgehead atoms. The molecule has 0 spiro atoms. The molecule has 0 fully saturated rings. The van der Waals surface area contributed by atoms with Crippen molar-refractivity contribution in [3.8, 4) is 6.07 Å². The summed E-state index contributed by atoms with van der Waals surface area (Å²) in [5.41, 5.74) is 2.52. The molecule has 0 radical (unpaired) electrons. The highest BCUT2D eigenvalue weighted by Crippen LogP contribution is 2.25. The van der Waals surface area contributed by atoms with Gasteiger partial charge in [-0.1, -0.05) is 44.2 Å². The first-order valence-corrected chi connectivity index (χ1v) is 10.9. The number of rotatable bonds is 12. The second-order valence-electron chi connectivity index (χ2n) is 7.36. The van der Waals surface area contributed by atoms with Crippen molar-refractivity contribution in [2.75, 3.05) is 18.6 Å². The zero-order chi connectivity index (χ0) is 22.5. The fourth-order valence-corrected chi connectivity index (χ4v) is 4.01. The molecule has 0 saturated carbocycles. The second-order valence-corrected chi connectivity index (χ2v) is 8.39. The maximum atomic E-state index is 13.2. The number of carbonyl (C=O) groups excluding carboxylic acids is 3. The topological polar surface area (TPSA) is 131 Å². The summed E-state index contributed by atoms with van der Waals surface area (Å²) in [6.07, 6.45) is 0.698. The summed E-state index contributed by atoms with van der Waals surface area (Å²) in [6, 6.07) is 10.5. The van der Waals surface area contributed by atoms with Crippen molar-refractivity contribution in [3.05, 3.63) is 35.9 Å². The van der Waals surface area contributed by atoms with E-state index < -0.39 is 29.7 Å². The SMILES string of the molecule is CNC(=O)[C@H](Cc1ccccc1)NC(=O)[C@H](CC(C)C)[C@H](CSCC#N)C(=O)NO. The average Bonchev–Trinajstić information content (AvgIpc) is 2.74. The van der Waals surface area contributed by atoms with Gasteiger partial charge in [-0.2, -0.15) is 5.26 Å². The predicted molar refractivity (Wildman–Crippen MR) is 115 cm³/mol. The first-order valence-electron chi connectivity index (χ1n) is 9.78. The van der Waals surface area contributed by atoms with Crippen molar-refractivity contribution in [2.24, 2.45) is 17.8 Å². The van der Waals surface area contributed by atoms with E-state index in [0.29, 0.717) is 12.8 Å². The number of carbonyl (C=O) groups is 3. The molecule has 164 valence electrons. The highest BCUT2D eigenvalue weighted by atomic mass is 32.2. The normalized spacial score (nSPS) is 13.6. The van der Waals surface area contributed by atoms with Crippen LogP contribution in [0.25, 0.3) is 0 Å². The van der Waals surface area contributed by atoms with Crippen LogP contribution in [-0.4, -0.2) is 47.5 Å². The summed E-state index contributed by atoms with van der Waals surface area (Å²) in [4.78, 5) is 37.8. The van der Waals surface area contributed by atoms with Crippen molar-refractivity contribution >= 4 is 29.5 Å². The van der Waals surface area contributed by atoms with Crippen molar-refractivity contribution < 1.29 is 19.6 Å². The molecule has 1 aromatic rings. The van der Waals surface area contributed by atoms with E-state index in [4.69, 9.17) is 10.5 Å². The third-order valence-electron chi connectivity index (χ3n) is 4.62. The van der Waals surface area contributed by atoms with Crippen LogP contribution < -0.4 is 16.1 Å². The van der Waals surface area contributed by atoms with Gasteiger partial charge in [0.25, 0.3) is 0 Å². The van der Waals surface area contributed by atoms with E-state index in [-0.39, 0.29) is 23.3 Å². The van der Waals surface area contributed by atoms with Gasteiger partial charge in [-0.3, -0.25) is 19.6 Å². The molecule has 4 N–H and O–H groups in total. The van der Waals surface area contributed by atoms with Crippen molar-refractivity contribution in [3.63, 3.8) is 0 Å². The molecular weight excluding hydrogens is 404 g/mol. The van der Waals surface area contributed by atoms with Gasteiger partial charge in [0.1, 0.15) is 6.04 Å². The van der Waals surface area contributed by atoms with E-state index >= 15 is 0 Å². The van der Waals surface area contributed by atoms with Gasteiger partial charge in [0.15, 0.2) is 0 Å². The number of amides is 3. The molecule has 0 heterocycles. The monoisotopic (exact) mass is 434 g/mol.